The molecule has 0 bridgehead atoms. The summed E-state index contributed by atoms with van der Waals surface area (Å²) in [5, 5.41) is 13.3. The summed E-state index contributed by atoms with van der Waals surface area (Å²) in [5.41, 5.74) is 1.42. The van der Waals surface area contributed by atoms with Crippen LogP contribution in [0.5, 0.6) is 0 Å². The molecule has 0 radical (unpaired) electrons. The van der Waals surface area contributed by atoms with E-state index in [4.69, 9.17) is 0 Å². The molecule has 0 aliphatic carbocycles. The van der Waals surface area contributed by atoms with Gasteiger partial charge >= 0.3 is 0 Å². The zero-order chi connectivity index (χ0) is 16.5. The molecule has 1 N–H and O–H groups in total. The van der Waals surface area contributed by atoms with Crippen LogP contribution in [-0.2, 0) is 0 Å². The number of carbonyl (C=O) groups is 1. The Morgan fingerprint density at radius 3 is 2.71 bits per heavy atom. The van der Waals surface area contributed by atoms with E-state index >= 15 is 0 Å². The molecule has 4 aromatic rings. The first kappa shape index (κ1) is 14.4. The number of pyridine rings is 1. The summed E-state index contributed by atoms with van der Waals surface area (Å²) >= 11 is 0. The second-order valence-electron chi connectivity index (χ2n) is 5.71. The van der Waals surface area contributed by atoms with Crippen molar-refractivity contribution in [3.63, 3.8) is 0 Å². The first-order chi connectivity index (χ1) is 11.7. The van der Waals surface area contributed by atoms with Crippen molar-refractivity contribution in [1.29, 1.82) is 0 Å². The van der Waals surface area contributed by atoms with Crippen molar-refractivity contribution in [2.75, 3.05) is 0 Å². The summed E-state index contributed by atoms with van der Waals surface area (Å²) in [6.07, 6.45) is 1.89. The van der Waals surface area contributed by atoms with Crippen LogP contribution in [0.25, 0.3) is 16.4 Å². The molecule has 1 amide bonds. The number of rotatable bonds is 3. The SMILES string of the molecule is C[C@H](NC(=O)c1cccc2ccccc12)c1nnc2ccccn12. The molecular weight excluding hydrogens is 300 g/mol. The van der Waals surface area contributed by atoms with Crippen LogP contribution in [0.15, 0.2) is 66.9 Å². The molecule has 2 heterocycles. The summed E-state index contributed by atoms with van der Waals surface area (Å²) < 4.78 is 1.88. The molecule has 0 fully saturated rings. The van der Waals surface area contributed by atoms with E-state index < -0.39 is 0 Å². The first-order valence-electron chi connectivity index (χ1n) is 7.82. The van der Waals surface area contributed by atoms with Gasteiger partial charge in [-0.25, -0.2) is 0 Å². The van der Waals surface area contributed by atoms with Gasteiger partial charge < -0.3 is 5.32 Å². The predicted octanol–water partition coefficient (Wildman–Crippen LogP) is 3.37. The lowest BCUT2D eigenvalue weighted by Crippen LogP contribution is -2.28. The summed E-state index contributed by atoms with van der Waals surface area (Å²) in [6.45, 7) is 1.91. The number of hydrogen-bond acceptors (Lipinski definition) is 3. The van der Waals surface area contributed by atoms with Crippen LogP contribution >= 0.6 is 0 Å². The Kier molecular flexibility index (Phi) is 3.46. The van der Waals surface area contributed by atoms with E-state index in [1.54, 1.807) is 0 Å². The monoisotopic (exact) mass is 316 g/mol. The lowest BCUT2D eigenvalue weighted by Gasteiger charge is -2.13. The van der Waals surface area contributed by atoms with E-state index in [1.165, 1.54) is 0 Å². The fourth-order valence-corrected chi connectivity index (χ4v) is 2.92. The normalized spacial score (nSPS) is 12.4. The van der Waals surface area contributed by atoms with Crippen LogP contribution in [0.4, 0.5) is 0 Å². The molecule has 0 unspecified atom stereocenters. The highest BCUT2D eigenvalue weighted by molar-refractivity contribution is 6.07. The van der Waals surface area contributed by atoms with Crippen LogP contribution in [-0.4, -0.2) is 20.5 Å². The van der Waals surface area contributed by atoms with Crippen molar-refractivity contribution in [1.82, 2.24) is 19.9 Å². The second kappa shape index (κ2) is 5.77. The van der Waals surface area contributed by atoms with Crippen molar-refractivity contribution in [2.45, 2.75) is 13.0 Å². The average molecular weight is 316 g/mol. The van der Waals surface area contributed by atoms with Crippen LogP contribution in [0, 0.1) is 0 Å². The summed E-state index contributed by atoms with van der Waals surface area (Å²) in [7, 11) is 0. The van der Waals surface area contributed by atoms with Gasteiger partial charge in [-0.05, 0) is 35.9 Å². The zero-order valence-electron chi connectivity index (χ0n) is 13.2. The molecule has 0 saturated heterocycles. The summed E-state index contributed by atoms with van der Waals surface area (Å²) in [6, 6.07) is 19.1. The fourth-order valence-electron chi connectivity index (χ4n) is 2.92. The molecule has 4 rings (SSSR count). The third kappa shape index (κ3) is 2.40. The van der Waals surface area contributed by atoms with Crippen LogP contribution in [0.1, 0.15) is 29.1 Å². The molecule has 1 atom stereocenters. The number of aromatic nitrogens is 3. The Labute approximate surface area is 139 Å². The number of amides is 1. The Bertz CT molecular complexity index is 1030. The van der Waals surface area contributed by atoms with E-state index in [0.29, 0.717) is 11.4 Å². The van der Waals surface area contributed by atoms with Gasteiger partial charge in [-0.3, -0.25) is 9.20 Å². The minimum Gasteiger partial charge on any atom is -0.342 e. The van der Waals surface area contributed by atoms with Crippen LogP contribution < -0.4 is 5.32 Å². The fraction of sp³-hybridized carbons (Fsp3) is 0.105. The molecule has 0 aliphatic rings. The van der Waals surface area contributed by atoms with Gasteiger partial charge in [-0.1, -0.05) is 42.5 Å². The van der Waals surface area contributed by atoms with Gasteiger partial charge in [0.2, 0.25) is 0 Å². The molecule has 118 valence electrons. The molecule has 2 aromatic carbocycles. The Hall–Kier alpha value is -3.21. The summed E-state index contributed by atoms with van der Waals surface area (Å²) in [5.74, 6) is 0.589. The maximum absolute atomic E-state index is 12.7. The number of nitrogens with one attached hydrogen (secondary N) is 1. The number of benzene rings is 2. The number of hydrogen-bond donors (Lipinski definition) is 1. The molecule has 5 heteroatoms. The molecule has 0 saturated carbocycles. The molecule has 5 nitrogen and oxygen atoms in total. The van der Waals surface area contributed by atoms with Gasteiger partial charge in [0, 0.05) is 11.8 Å². The van der Waals surface area contributed by atoms with Crippen LogP contribution in [0.2, 0.25) is 0 Å². The van der Waals surface area contributed by atoms with E-state index in [-0.39, 0.29) is 11.9 Å². The van der Waals surface area contributed by atoms with Gasteiger partial charge in [0.25, 0.3) is 5.91 Å². The molecule has 0 aliphatic heterocycles. The van der Waals surface area contributed by atoms with Crippen molar-refractivity contribution in [2.24, 2.45) is 0 Å². The Morgan fingerprint density at radius 2 is 1.79 bits per heavy atom. The quantitative estimate of drug-likeness (QED) is 0.630. The van der Waals surface area contributed by atoms with Crippen molar-refractivity contribution in [3.05, 3.63) is 78.2 Å². The Balaban J connectivity index is 1.66. The van der Waals surface area contributed by atoms with Gasteiger partial charge in [0.15, 0.2) is 11.5 Å². The van der Waals surface area contributed by atoms with E-state index in [9.17, 15) is 4.79 Å². The van der Waals surface area contributed by atoms with Gasteiger partial charge in [-0.15, -0.1) is 10.2 Å². The first-order valence-corrected chi connectivity index (χ1v) is 7.82. The third-order valence-corrected chi connectivity index (χ3v) is 4.11. The number of carbonyl (C=O) groups excluding carboxylic acids is 1. The lowest BCUT2D eigenvalue weighted by atomic mass is 10.0. The minimum atomic E-state index is -0.256. The van der Waals surface area contributed by atoms with E-state index in [0.717, 1.165) is 16.4 Å². The minimum absolute atomic E-state index is 0.119. The molecule has 0 spiro atoms. The van der Waals surface area contributed by atoms with E-state index in [1.807, 2.05) is 78.2 Å². The standard InChI is InChI=1S/C19H16N4O/c1-13(18-22-21-17-11-4-5-12-23(17)18)20-19(24)16-10-6-8-14-7-2-3-9-15(14)16/h2-13H,1H3,(H,20,24)/t13-/m0/s1. The topological polar surface area (TPSA) is 59.3 Å². The maximum atomic E-state index is 12.7. The lowest BCUT2D eigenvalue weighted by molar-refractivity contribution is 0.0940. The van der Waals surface area contributed by atoms with E-state index in [2.05, 4.69) is 15.5 Å². The number of nitrogens with zero attached hydrogens (tertiary/aromatic N) is 3. The Morgan fingerprint density at radius 1 is 1.00 bits per heavy atom. The second-order valence-corrected chi connectivity index (χ2v) is 5.71. The van der Waals surface area contributed by atoms with Crippen molar-refractivity contribution in [3.8, 4) is 0 Å². The van der Waals surface area contributed by atoms with Crippen LogP contribution in [0.3, 0.4) is 0 Å². The number of fused-ring (bicyclic) bond motifs is 2. The average Bonchev–Trinajstić information content (AvgIpc) is 3.05. The maximum Gasteiger partial charge on any atom is 0.252 e. The van der Waals surface area contributed by atoms with Gasteiger partial charge in [0.05, 0.1) is 6.04 Å². The zero-order valence-corrected chi connectivity index (χ0v) is 13.2. The van der Waals surface area contributed by atoms with Crippen molar-refractivity contribution < 1.29 is 4.79 Å². The largest absolute Gasteiger partial charge is 0.342 e. The smallest absolute Gasteiger partial charge is 0.252 e. The van der Waals surface area contributed by atoms with Gasteiger partial charge in [0.1, 0.15) is 0 Å². The van der Waals surface area contributed by atoms with Gasteiger partial charge in [-0.2, -0.15) is 0 Å². The summed E-state index contributed by atoms with van der Waals surface area (Å²) in [4.78, 5) is 12.7. The highest BCUT2D eigenvalue weighted by atomic mass is 16.1. The highest BCUT2D eigenvalue weighted by Gasteiger charge is 2.17. The highest BCUT2D eigenvalue weighted by Crippen LogP contribution is 2.20. The molecule has 24 heavy (non-hydrogen) atoms. The molecular formula is C19H16N4O. The third-order valence-electron chi connectivity index (χ3n) is 4.11. The molecule has 2 aromatic heterocycles. The van der Waals surface area contributed by atoms with Crippen molar-refractivity contribution >= 4 is 22.3 Å². The predicted molar refractivity (Wildman–Crippen MR) is 92.8 cm³/mol.